The molecule has 0 aliphatic carbocycles. The number of nitrogens with zero attached hydrogens (tertiary/aromatic N) is 4. The molecule has 1 atom stereocenters. The van der Waals surface area contributed by atoms with Crippen LogP contribution in [-0.4, -0.2) is 60.0 Å². The van der Waals surface area contributed by atoms with Gasteiger partial charge in [0.05, 0.1) is 12.8 Å². The predicted molar refractivity (Wildman–Crippen MR) is 107 cm³/mol. The first kappa shape index (κ1) is 19.5. The third-order valence-corrected chi connectivity index (χ3v) is 4.90. The van der Waals surface area contributed by atoms with Crippen molar-refractivity contribution in [3.63, 3.8) is 0 Å². The van der Waals surface area contributed by atoms with Crippen molar-refractivity contribution >= 4 is 29.9 Å². The zero-order chi connectivity index (χ0) is 16.1. The standard InChI is InChI=1S/C17H29N5O.HI/c1-3-18-16(19-8-4-5-15-11-20-21(2)12-15)22-9-6-17(13-22)7-10-23-14-17;/h11-12H,3-10,13-14H2,1-2H3,(H,18,19);1H. The van der Waals surface area contributed by atoms with Crippen LogP contribution in [0.15, 0.2) is 17.4 Å². The minimum atomic E-state index is 0. The first-order chi connectivity index (χ1) is 11.2. The number of nitrogens with one attached hydrogen (secondary N) is 1. The lowest BCUT2D eigenvalue weighted by molar-refractivity contribution is 0.156. The molecule has 1 unspecified atom stereocenters. The van der Waals surface area contributed by atoms with E-state index in [1.165, 1.54) is 18.4 Å². The second-order valence-electron chi connectivity index (χ2n) is 6.84. The molecule has 1 aromatic rings. The van der Waals surface area contributed by atoms with E-state index in [4.69, 9.17) is 9.73 Å². The van der Waals surface area contributed by atoms with Gasteiger partial charge in [-0.1, -0.05) is 0 Å². The maximum absolute atomic E-state index is 5.62. The van der Waals surface area contributed by atoms with Crippen LogP contribution < -0.4 is 5.32 Å². The largest absolute Gasteiger partial charge is 0.381 e. The van der Waals surface area contributed by atoms with Crippen LogP contribution in [0, 0.1) is 5.41 Å². The highest BCUT2D eigenvalue weighted by Crippen LogP contribution is 2.38. The number of rotatable bonds is 5. The van der Waals surface area contributed by atoms with Crippen LogP contribution in [0.1, 0.15) is 31.7 Å². The van der Waals surface area contributed by atoms with Gasteiger partial charge in [-0.2, -0.15) is 5.10 Å². The maximum atomic E-state index is 5.62. The molecule has 7 heteroatoms. The molecule has 136 valence electrons. The Hall–Kier alpha value is -0.830. The molecule has 0 radical (unpaired) electrons. The summed E-state index contributed by atoms with van der Waals surface area (Å²) in [6.45, 7) is 7.93. The zero-order valence-corrected chi connectivity index (χ0v) is 17.2. The average molecular weight is 447 g/mol. The minimum Gasteiger partial charge on any atom is -0.381 e. The summed E-state index contributed by atoms with van der Waals surface area (Å²) in [7, 11) is 1.96. The molecule has 6 nitrogen and oxygen atoms in total. The van der Waals surface area contributed by atoms with E-state index in [1.807, 2.05) is 17.9 Å². The van der Waals surface area contributed by atoms with Gasteiger partial charge in [0.15, 0.2) is 5.96 Å². The minimum absolute atomic E-state index is 0. The molecule has 24 heavy (non-hydrogen) atoms. The highest BCUT2D eigenvalue weighted by molar-refractivity contribution is 14.0. The lowest BCUT2D eigenvalue weighted by Gasteiger charge is -2.25. The van der Waals surface area contributed by atoms with E-state index in [0.29, 0.717) is 5.41 Å². The molecule has 1 spiro atoms. The number of likely N-dealkylation sites (tertiary alicyclic amines) is 1. The summed E-state index contributed by atoms with van der Waals surface area (Å²) >= 11 is 0. The summed E-state index contributed by atoms with van der Waals surface area (Å²) in [5.74, 6) is 1.07. The Labute approximate surface area is 162 Å². The Balaban J connectivity index is 0.00000208. The smallest absolute Gasteiger partial charge is 0.193 e. The van der Waals surface area contributed by atoms with Gasteiger partial charge in [0.1, 0.15) is 0 Å². The lowest BCUT2D eigenvalue weighted by Crippen LogP contribution is -2.41. The van der Waals surface area contributed by atoms with Gasteiger partial charge in [0.25, 0.3) is 0 Å². The first-order valence-electron chi connectivity index (χ1n) is 8.79. The van der Waals surface area contributed by atoms with Crippen molar-refractivity contribution in [1.82, 2.24) is 20.0 Å². The summed E-state index contributed by atoms with van der Waals surface area (Å²) in [6, 6.07) is 0. The molecule has 1 N–H and O–H groups in total. The fraction of sp³-hybridized carbons (Fsp3) is 0.765. The van der Waals surface area contributed by atoms with Crippen molar-refractivity contribution < 1.29 is 4.74 Å². The number of ether oxygens (including phenoxy) is 1. The average Bonchev–Trinajstić information content (AvgIpc) is 3.26. The molecule has 1 aromatic heterocycles. The molecule has 0 saturated carbocycles. The summed E-state index contributed by atoms with van der Waals surface area (Å²) in [5.41, 5.74) is 1.67. The fourth-order valence-corrected chi connectivity index (χ4v) is 3.58. The normalized spacial score (nSPS) is 23.8. The number of guanidine groups is 1. The van der Waals surface area contributed by atoms with Gasteiger partial charge in [-0.05, 0) is 38.2 Å². The van der Waals surface area contributed by atoms with Gasteiger partial charge in [0.2, 0.25) is 0 Å². The first-order valence-corrected chi connectivity index (χ1v) is 8.79. The third-order valence-electron chi connectivity index (χ3n) is 4.90. The van der Waals surface area contributed by atoms with Crippen molar-refractivity contribution in [3.8, 4) is 0 Å². The van der Waals surface area contributed by atoms with Gasteiger partial charge in [-0.25, -0.2) is 0 Å². The SMILES string of the molecule is CCNC(=NCCCc1cnn(C)c1)N1CCC2(CCOC2)C1.I. The monoisotopic (exact) mass is 447 g/mol. The van der Waals surface area contributed by atoms with E-state index < -0.39 is 0 Å². The lowest BCUT2D eigenvalue weighted by atomic mass is 9.87. The second kappa shape index (κ2) is 9.03. The Kier molecular flexibility index (Phi) is 7.34. The predicted octanol–water partition coefficient (Wildman–Crippen LogP) is 2.05. The summed E-state index contributed by atoms with van der Waals surface area (Å²) in [6.07, 6.45) is 8.55. The van der Waals surface area contributed by atoms with Crippen LogP contribution in [-0.2, 0) is 18.2 Å². The highest BCUT2D eigenvalue weighted by Gasteiger charge is 2.42. The van der Waals surface area contributed by atoms with Gasteiger partial charge >= 0.3 is 0 Å². The van der Waals surface area contributed by atoms with Crippen molar-refractivity contribution in [2.24, 2.45) is 17.5 Å². The molecule has 2 aliphatic heterocycles. The highest BCUT2D eigenvalue weighted by atomic mass is 127. The van der Waals surface area contributed by atoms with Gasteiger partial charge in [-0.15, -0.1) is 24.0 Å². The number of halogens is 1. The van der Waals surface area contributed by atoms with E-state index in [1.54, 1.807) is 0 Å². The van der Waals surface area contributed by atoms with E-state index in [2.05, 4.69) is 28.4 Å². The molecule has 3 heterocycles. The molecule has 0 amide bonds. The van der Waals surface area contributed by atoms with Crippen LogP contribution in [0.25, 0.3) is 0 Å². The van der Waals surface area contributed by atoms with Crippen LogP contribution in [0.2, 0.25) is 0 Å². The van der Waals surface area contributed by atoms with E-state index >= 15 is 0 Å². The number of hydrogen-bond acceptors (Lipinski definition) is 3. The van der Waals surface area contributed by atoms with Crippen molar-refractivity contribution in [2.45, 2.75) is 32.6 Å². The summed E-state index contributed by atoms with van der Waals surface area (Å²) in [4.78, 5) is 7.25. The van der Waals surface area contributed by atoms with Gasteiger partial charge in [0, 0.05) is 51.4 Å². The Bertz CT molecular complexity index is 539. The Morgan fingerprint density at radius 2 is 2.33 bits per heavy atom. The number of hydrogen-bond donors (Lipinski definition) is 1. The van der Waals surface area contributed by atoms with Crippen LogP contribution in [0.4, 0.5) is 0 Å². The molecular weight excluding hydrogens is 417 g/mol. The number of aryl methyl sites for hydroxylation is 2. The molecular formula is C17H30IN5O. The molecule has 2 fully saturated rings. The van der Waals surface area contributed by atoms with Crippen LogP contribution in [0.5, 0.6) is 0 Å². The Morgan fingerprint density at radius 3 is 3.00 bits per heavy atom. The van der Waals surface area contributed by atoms with Crippen molar-refractivity contribution in [1.29, 1.82) is 0 Å². The number of aliphatic imine (C=N–C) groups is 1. The third kappa shape index (κ3) is 4.84. The second-order valence-corrected chi connectivity index (χ2v) is 6.84. The van der Waals surface area contributed by atoms with Gasteiger partial charge in [-0.3, -0.25) is 9.67 Å². The quantitative estimate of drug-likeness (QED) is 0.325. The van der Waals surface area contributed by atoms with Gasteiger partial charge < -0.3 is 15.0 Å². The molecule has 0 aromatic carbocycles. The maximum Gasteiger partial charge on any atom is 0.193 e. The zero-order valence-electron chi connectivity index (χ0n) is 14.8. The summed E-state index contributed by atoms with van der Waals surface area (Å²) < 4.78 is 7.48. The van der Waals surface area contributed by atoms with E-state index in [-0.39, 0.29) is 24.0 Å². The summed E-state index contributed by atoms with van der Waals surface area (Å²) in [5, 5.41) is 7.66. The Morgan fingerprint density at radius 1 is 1.46 bits per heavy atom. The van der Waals surface area contributed by atoms with E-state index in [0.717, 1.165) is 58.2 Å². The molecule has 2 aliphatic rings. The van der Waals surface area contributed by atoms with Crippen LogP contribution >= 0.6 is 24.0 Å². The van der Waals surface area contributed by atoms with Crippen molar-refractivity contribution in [3.05, 3.63) is 18.0 Å². The van der Waals surface area contributed by atoms with Crippen molar-refractivity contribution in [2.75, 3.05) is 39.4 Å². The molecule has 3 rings (SSSR count). The van der Waals surface area contributed by atoms with Crippen LogP contribution in [0.3, 0.4) is 0 Å². The molecule has 0 bridgehead atoms. The number of aromatic nitrogens is 2. The fourth-order valence-electron chi connectivity index (χ4n) is 3.58. The topological polar surface area (TPSA) is 54.7 Å². The van der Waals surface area contributed by atoms with E-state index in [9.17, 15) is 0 Å². The molecule has 2 saturated heterocycles.